The largest absolute Gasteiger partial charge is 0.591 e. The van der Waals surface area contributed by atoms with Crippen molar-refractivity contribution in [3.8, 4) is 0 Å². The Labute approximate surface area is 152 Å². The summed E-state index contributed by atoms with van der Waals surface area (Å²) in [7, 11) is -1.77. The minimum absolute atomic E-state index is 0.193. The number of rotatable bonds is 8. The van der Waals surface area contributed by atoms with E-state index in [1.54, 1.807) is 6.21 Å². The summed E-state index contributed by atoms with van der Waals surface area (Å²) in [6, 6.07) is 0. The van der Waals surface area contributed by atoms with E-state index in [9.17, 15) is 9.35 Å². The second kappa shape index (κ2) is 9.36. The Morgan fingerprint density at radius 3 is 2.17 bits per heavy atom. The van der Waals surface area contributed by atoms with E-state index in [2.05, 4.69) is 24.0 Å². The van der Waals surface area contributed by atoms with E-state index in [0.717, 1.165) is 0 Å². The molecule has 0 aromatic carbocycles. The van der Waals surface area contributed by atoms with Gasteiger partial charge in [0.25, 0.3) is 0 Å². The molecule has 0 saturated carbocycles. The van der Waals surface area contributed by atoms with Crippen LogP contribution < -0.4 is 0 Å². The minimum atomic E-state index is -1.77. The lowest BCUT2D eigenvalue weighted by molar-refractivity contribution is -0.156. The first-order valence-corrected chi connectivity index (χ1v) is 13.0. The summed E-state index contributed by atoms with van der Waals surface area (Å²) in [5, 5.41) is 0. The molecule has 0 aliphatic rings. The summed E-state index contributed by atoms with van der Waals surface area (Å²) in [6.07, 6.45) is 3.00. The Morgan fingerprint density at radius 1 is 1.21 bits per heavy atom. The Balaban J connectivity index is 4.63. The maximum absolute atomic E-state index is 12.1. The van der Waals surface area contributed by atoms with Crippen molar-refractivity contribution in [2.45, 2.75) is 96.9 Å². The van der Waals surface area contributed by atoms with Gasteiger partial charge in [-0.05, 0) is 74.0 Å². The van der Waals surface area contributed by atoms with Crippen molar-refractivity contribution in [2.75, 3.05) is 0 Å². The third-order valence-corrected chi connectivity index (χ3v) is 5.08. The zero-order chi connectivity index (χ0) is 19.2. The molecular formula is C17H35NO4SSi. The average Bonchev–Trinajstić information content (AvgIpc) is 2.28. The summed E-state index contributed by atoms with van der Waals surface area (Å²) in [6.45, 7) is 17.5. The molecule has 0 amide bonds. The van der Waals surface area contributed by atoms with Crippen LogP contribution in [0.5, 0.6) is 0 Å². The molecule has 0 N–H and O–H groups in total. The molecular weight excluding hydrogens is 342 g/mol. The number of carbonyl (C=O) groups excluding carboxylic acids is 1. The summed E-state index contributed by atoms with van der Waals surface area (Å²) in [5.74, 6) is -0.249. The molecule has 0 aromatic rings. The number of hydrogen-bond donors (Lipinski definition) is 0. The van der Waals surface area contributed by atoms with Gasteiger partial charge in [0, 0.05) is 0 Å². The topological polar surface area (TPSA) is 71.0 Å². The first-order valence-electron chi connectivity index (χ1n) is 8.44. The van der Waals surface area contributed by atoms with Crippen LogP contribution in [0, 0.1) is 0 Å². The first-order chi connectivity index (χ1) is 10.6. The van der Waals surface area contributed by atoms with E-state index >= 15 is 0 Å². The summed E-state index contributed by atoms with van der Waals surface area (Å²) < 4.78 is 27.1. The van der Waals surface area contributed by atoms with Crippen LogP contribution in [0.25, 0.3) is 0 Å². The highest BCUT2D eigenvalue weighted by atomic mass is 32.2. The van der Waals surface area contributed by atoms with Crippen LogP contribution in [0.15, 0.2) is 4.40 Å². The van der Waals surface area contributed by atoms with Crippen LogP contribution in [0.4, 0.5) is 0 Å². The highest BCUT2D eigenvalue weighted by molar-refractivity contribution is 7.91. The molecule has 2 atom stereocenters. The molecule has 24 heavy (non-hydrogen) atoms. The molecule has 0 aliphatic heterocycles. The Hall–Kier alpha value is -0.373. The van der Waals surface area contributed by atoms with Gasteiger partial charge in [0.15, 0.2) is 8.32 Å². The third kappa shape index (κ3) is 13.0. The van der Waals surface area contributed by atoms with Crippen LogP contribution >= 0.6 is 0 Å². The number of hydrogen-bond acceptors (Lipinski definition) is 5. The van der Waals surface area contributed by atoms with Gasteiger partial charge in [-0.25, -0.2) is 0 Å². The van der Waals surface area contributed by atoms with Gasteiger partial charge in [-0.3, -0.25) is 4.79 Å². The lowest BCUT2D eigenvalue weighted by Gasteiger charge is -2.27. The van der Waals surface area contributed by atoms with Gasteiger partial charge in [0.1, 0.15) is 21.7 Å². The van der Waals surface area contributed by atoms with Crippen molar-refractivity contribution in [3.63, 3.8) is 0 Å². The van der Waals surface area contributed by atoms with E-state index in [4.69, 9.17) is 9.16 Å². The van der Waals surface area contributed by atoms with Crippen LogP contribution in [-0.4, -0.2) is 41.5 Å². The summed E-state index contributed by atoms with van der Waals surface area (Å²) in [5.41, 5.74) is -0.494. The van der Waals surface area contributed by atoms with Gasteiger partial charge >= 0.3 is 5.97 Å². The normalized spacial score (nSPS) is 16.2. The van der Waals surface area contributed by atoms with E-state index < -0.39 is 25.3 Å². The van der Waals surface area contributed by atoms with Gasteiger partial charge in [0.2, 0.25) is 0 Å². The van der Waals surface area contributed by atoms with Gasteiger partial charge in [-0.1, -0.05) is 4.40 Å². The van der Waals surface area contributed by atoms with Gasteiger partial charge in [-0.2, -0.15) is 0 Å². The van der Waals surface area contributed by atoms with E-state index in [1.807, 2.05) is 41.5 Å². The fourth-order valence-electron chi connectivity index (χ4n) is 1.81. The molecule has 7 heteroatoms. The van der Waals surface area contributed by atoms with E-state index in [0.29, 0.717) is 12.8 Å². The first kappa shape index (κ1) is 23.6. The fourth-order valence-corrected chi connectivity index (χ4v) is 3.57. The number of ether oxygens (including phenoxy) is 1. The lowest BCUT2D eigenvalue weighted by atomic mass is 10.1. The van der Waals surface area contributed by atoms with Crippen molar-refractivity contribution in [1.29, 1.82) is 0 Å². The number of nitrogens with zero attached hydrogens (tertiary/aromatic N) is 1. The van der Waals surface area contributed by atoms with Crippen molar-refractivity contribution in [1.82, 2.24) is 0 Å². The molecule has 0 aliphatic carbocycles. The standard InChI is InChI=1S/C17H35NO4SSi/c1-16(2,3)21-15(19)13-14(22-24(7,8)9)11-10-12-18-23(20)17(4,5)6/h12,14H,10-11,13H2,1-9H3/t14?,23-/m1/s1. The molecule has 0 fully saturated rings. The molecule has 0 aromatic heterocycles. The van der Waals surface area contributed by atoms with Crippen molar-refractivity contribution >= 4 is 31.9 Å². The zero-order valence-corrected chi connectivity index (χ0v) is 18.6. The van der Waals surface area contributed by atoms with E-state index in [-0.39, 0.29) is 23.2 Å². The molecule has 5 nitrogen and oxygen atoms in total. The number of carbonyl (C=O) groups is 1. The highest BCUT2D eigenvalue weighted by Crippen LogP contribution is 2.19. The third-order valence-electron chi connectivity index (χ3n) is 2.65. The molecule has 0 rings (SSSR count). The second-order valence-corrected chi connectivity index (χ2v) is 15.3. The van der Waals surface area contributed by atoms with Crippen molar-refractivity contribution < 1.29 is 18.5 Å². The van der Waals surface area contributed by atoms with Crippen LogP contribution in [0.2, 0.25) is 19.6 Å². The smallest absolute Gasteiger partial charge is 0.308 e. The predicted octanol–water partition coefficient (Wildman–Crippen LogP) is 4.25. The van der Waals surface area contributed by atoms with Crippen LogP contribution in [-0.2, 0) is 25.3 Å². The molecule has 0 bridgehead atoms. The monoisotopic (exact) mass is 377 g/mol. The Kier molecular flexibility index (Phi) is 9.21. The zero-order valence-electron chi connectivity index (χ0n) is 16.8. The second-order valence-electron chi connectivity index (χ2n) is 8.87. The maximum Gasteiger partial charge on any atom is 0.308 e. The highest BCUT2D eigenvalue weighted by Gasteiger charge is 2.27. The van der Waals surface area contributed by atoms with Crippen LogP contribution in [0.3, 0.4) is 0 Å². The lowest BCUT2D eigenvalue weighted by Crippen LogP contribution is -2.35. The summed E-state index contributed by atoms with van der Waals surface area (Å²) >= 11 is -1.25. The minimum Gasteiger partial charge on any atom is -0.591 e. The molecule has 0 radical (unpaired) electrons. The molecule has 1 unspecified atom stereocenters. The predicted molar refractivity (Wildman–Crippen MR) is 104 cm³/mol. The van der Waals surface area contributed by atoms with Crippen molar-refractivity contribution in [3.05, 3.63) is 0 Å². The Bertz CT molecular complexity index is 422. The number of esters is 1. The van der Waals surface area contributed by atoms with E-state index in [1.165, 1.54) is 0 Å². The SMILES string of the molecule is CC(C)(C)OC(=O)CC(CCC=N[S@+]([O-])C(C)(C)C)O[Si](C)(C)C. The molecule has 0 saturated heterocycles. The maximum atomic E-state index is 12.1. The van der Waals surface area contributed by atoms with Gasteiger partial charge in [-0.15, -0.1) is 0 Å². The quantitative estimate of drug-likeness (QED) is 0.274. The molecule has 142 valence electrons. The average molecular weight is 378 g/mol. The van der Waals surface area contributed by atoms with Gasteiger partial charge in [0.05, 0.1) is 18.7 Å². The molecule has 0 heterocycles. The van der Waals surface area contributed by atoms with Gasteiger partial charge < -0.3 is 13.7 Å². The summed E-state index contributed by atoms with van der Waals surface area (Å²) in [4.78, 5) is 12.1. The Morgan fingerprint density at radius 2 is 1.75 bits per heavy atom. The van der Waals surface area contributed by atoms with Crippen molar-refractivity contribution in [2.24, 2.45) is 4.40 Å². The fraction of sp³-hybridized carbons (Fsp3) is 0.882. The van der Waals surface area contributed by atoms with Crippen LogP contribution in [0.1, 0.15) is 60.8 Å². The molecule has 0 spiro atoms.